The van der Waals surface area contributed by atoms with Gasteiger partial charge in [-0.15, -0.1) is 0 Å². The molecule has 0 aromatic heterocycles. The SMILES string of the molecule is CCCCCCCCC=CCCCCCCCCCCCC(=O)P(C)(C)=O. The summed E-state index contributed by atoms with van der Waals surface area (Å²) in [6.07, 6.45) is 27.4. The molecule has 0 amide bonds. The van der Waals surface area contributed by atoms with Crippen LogP contribution in [0.25, 0.3) is 0 Å². The van der Waals surface area contributed by atoms with Crippen molar-refractivity contribution in [1.82, 2.24) is 0 Å². The molecule has 2 nitrogen and oxygen atoms in total. The zero-order chi connectivity index (χ0) is 20.2. The van der Waals surface area contributed by atoms with E-state index in [2.05, 4.69) is 19.1 Å². The Morgan fingerprint density at radius 1 is 0.630 bits per heavy atom. The molecular formula is C24H47O2P. The van der Waals surface area contributed by atoms with E-state index in [1.165, 1.54) is 96.3 Å². The Bertz CT molecular complexity index is 409. The number of hydrogen-bond donors (Lipinski definition) is 0. The van der Waals surface area contributed by atoms with Gasteiger partial charge in [0.25, 0.3) is 0 Å². The first kappa shape index (κ1) is 26.6. The van der Waals surface area contributed by atoms with Crippen molar-refractivity contribution >= 4 is 12.7 Å². The van der Waals surface area contributed by atoms with Crippen molar-refractivity contribution in [3.63, 3.8) is 0 Å². The standard InChI is InChI=1S/C24H47O2P/c1-4-5-6-7-8-9-10-11-12-13-14-15-16-17-18-19-20-21-22-23-24(25)27(2,3)26/h11-12H,4-10,13-23H2,1-3H3. The van der Waals surface area contributed by atoms with Crippen LogP contribution in [0.1, 0.15) is 122 Å². The molecule has 0 unspecified atom stereocenters. The van der Waals surface area contributed by atoms with Gasteiger partial charge in [-0.1, -0.05) is 96.1 Å². The minimum atomic E-state index is -2.49. The van der Waals surface area contributed by atoms with Crippen LogP contribution in [-0.2, 0) is 9.36 Å². The zero-order valence-corrected chi connectivity index (χ0v) is 19.5. The maximum Gasteiger partial charge on any atom is 0.191 e. The lowest BCUT2D eigenvalue weighted by Crippen LogP contribution is -1.97. The first-order valence-electron chi connectivity index (χ1n) is 11.7. The average molecular weight is 399 g/mol. The van der Waals surface area contributed by atoms with Crippen LogP contribution in [0.3, 0.4) is 0 Å². The van der Waals surface area contributed by atoms with E-state index in [0.29, 0.717) is 6.42 Å². The summed E-state index contributed by atoms with van der Waals surface area (Å²) in [5.41, 5.74) is -0.0245. The van der Waals surface area contributed by atoms with E-state index >= 15 is 0 Å². The molecular weight excluding hydrogens is 351 g/mol. The van der Waals surface area contributed by atoms with E-state index in [-0.39, 0.29) is 5.52 Å². The highest BCUT2D eigenvalue weighted by molar-refractivity contribution is 7.79. The minimum Gasteiger partial charge on any atom is -0.316 e. The Hall–Kier alpha value is -0.360. The van der Waals surface area contributed by atoms with Gasteiger partial charge in [0.05, 0.1) is 0 Å². The normalized spacial score (nSPS) is 12.1. The largest absolute Gasteiger partial charge is 0.316 e. The van der Waals surface area contributed by atoms with E-state index < -0.39 is 7.14 Å². The van der Waals surface area contributed by atoms with Gasteiger partial charge in [-0.3, -0.25) is 4.79 Å². The number of carbonyl (C=O) groups excluding carboxylic acids is 1. The lowest BCUT2D eigenvalue weighted by molar-refractivity contribution is -0.112. The molecule has 0 aromatic carbocycles. The fourth-order valence-electron chi connectivity index (χ4n) is 3.32. The molecule has 27 heavy (non-hydrogen) atoms. The Morgan fingerprint density at radius 3 is 1.41 bits per heavy atom. The summed E-state index contributed by atoms with van der Waals surface area (Å²) in [7, 11) is -2.49. The molecule has 160 valence electrons. The van der Waals surface area contributed by atoms with Gasteiger partial charge in [0.1, 0.15) is 7.14 Å². The Balaban J connectivity index is 3.20. The second-order valence-electron chi connectivity index (χ2n) is 8.49. The molecule has 0 saturated carbocycles. The number of hydrogen-bond acceptors (Lipinski definition) is 2. The van der Waals surface area contributed by atoms with Gasteiger partial charge >= 0.3 is 0 Å². The quantitative estimate of drug-likeness (QED) is 0.117. The highest BCUT2D eigenvalue weighted by atomic mass is 31.2. The van der Waals surface area contributed by atoms with E-state index in [1.54, 1.807) is 13.3 Å². The van der Waals surface area contributed by atoms with E-state index in [1.807, 2.05) is 0 Å². The van der Waals surface area contributed by atoms with Crippen molar-refractivity contribution in [1.29, 1.82) is 0 Å². The minimum absolute atomic E-state index is 0.0245. The lowest BCUT2D eigenvalue weighted by Gasteiger charge is -2.05. The predicted octanol–water partition coefficient (Wildman–Crippen LogP) is 8.73. The maximum atomic E-state index is 11.6. The van der Waals surface area contributed by atoms with Crippen LogP contribution < -0.4 is 0 Å². The molecule has 0 aliphatic carbocycles. The van der Waals surface area contributed by atoms with Crippen LogP contribution in [0.15, 0.2) is 12.2 Å². The van der Waals surface area contributed by atoms with Crippen LogP contribution in [-0.4, -0.2) is 18.9 Å². The molecule has 0 spiro atoms. The van der Waals surface area contributed by atoms with Crippen molar-refractivity contribution in [2.45, 2.75) is 122 Å². The molecule has 0 atom stereocenters. The molecule has 0 bridgehead atoms. The van der Waals surface area contributed by atoms with Gasteiger partial charge in [0, 0.05) is 6.42 Å². The van der Waals surface area contributed by atoms with Crippen LogP contribution in [0.4, 0.5) is 0 Å². The van der Waals surface area contributed by atoms with Crippen LogP contribution >= 0.6 is 7.14 Å². The number of carbonyl (C=O) groups is 1. The summed E-state index contributed by atoms with van der Waals surface area (Å²) >= 11 is 0. The van der Waals surface area contributed by atoms with Crippen LogP contribution in [0.2, 0.25) is 0 Å². The summed E-state index contributed by atoms with van der Waals surface area (Å²) in [6, 6.07) is 0. The zero-order valence-electron chi connectivity index (χ0n) is 18.6. The van der Waals surface area contributed by atoms with E-state index in [0.717, 1.165) is 12.8 Å². The Kier molecular flexibility index (Phi) is 18.7. The molecule has 0 N–H and O–H groups in total. The van der Waals surface area contributed by atoms with Crippen LogP contribution in [0.5, 0.6) is 0 Å². The third-order valence-corrected chi connectivity index (χ3v) is 6.68. The maximum absolute atomic E-state index is 11.6. The van der Waals surface area contributed by atoms with Crippen molar-refractivity contribution in [2.75, 3.05) is 13.3 Å². The van der Waals surface area contributed by atoms with Crippen molar-refractivity contribution in [2.24, 2.45) is 0 Å². The van der Waals surface area contributed by atoms with E-state index in [9.17, 15) is 9.36 Å². The molecule has 0 aromatic rings. The molecule has 0 saturated heterocycles. The highest BCUT2D eigenvalue weighted by Crippen LogP contribution is 2.38. The third kappa shape index (κ3) is 20.2. The monoisotopic (exact) mass is 398 g/mol. The van der Waals surface area contributed by atoms with Crippen LogP contribution in [0, 0.1) is 0 Å². The van der Waals surface area contributed by atoms with Crippen molar-refractivity contribution in [3.8, 4) is 0 Å². The fourth-order valence-corrected chi connectivity index (χ4v) is 4.02. The highest BCUT2D eigenvalue weighted by Gasteiger charge is 2.17. The molecule has 0 radical (unpaired) electrons. The second kappa shape index (κ2) is 19.0. The number of allylic oxidation sites excluding steroid dienone is 2. The molecule has 0 heterocycles. The third-order valence-electron chi connectivity index (χ3n) is 5.25. The van der Waals surface area contributed by atoms with Gasteiger partial charge in [0.15, 0.2) is 5.52 Å². The lowest BCUT2D eigenvalue weighted by atomic mass is 10.1. The van der Waals surface area contributed by atoms with Gasteiger partial charge in [-0.2, -0.15) is 0 Å². The second-order valence-corrected chi connectivity index (χ2v) is 11.7. The summed E-state index contributed by atoms with van der Waals surface area (Å²) < 4.78 is 11.6. The predicted molar refractivity (Wildman–Crippen MR) is 122 cm³/mol. The van der Waals surface area contributed by atoms with Gasteiger partial charge in [0.2, 0.25) is 0 Å². The molecule has 3 heteroatoms. The van der Waals surface area contributed by atoms with E-state index in [4.69, 9.17) is 0 Å². The van der Waals surface area contributed by atoms with Gasteiger partial charge in [-0.05, 0) is 45.4 Å². The summed E-state index contributed by atoms with van der Waals surface area (Å²) in [5, 5.41) is 0. The summed E-state index contributed by atoms with van der Waals surface area (Å²) in [5.74, 6) is 0. The molecule has 0 fully saturated rings. The number of unbranched alkanes of at least 4 members (excludes halogenated alkanes) is 15. The Labute approximate surface area is 170 Å². The van der Waals surface area contributed by atoms with Gasteiger partial charge in [-0.25, -0.2) is 0 Å². The smallest absolute Gasteiger partial charge is 0.191 e. The Morgan fingerprint density at radius 2 is 1.00 bits per heavy atom. The van der Waals surface area contributed by atoms with Crippen molar-refractivity contribution in [3.05, 3.63) is 12.2 Å². The summed E-state index contributed by atoms with van der Waals surface area (Å²) in [4.78, 5) is 11.6. The first-order valence-corrected chi connectivity index (χ1v) is 14.3. The molecule has 0 aliphatic heterocycles. The van der Waals surface area contributed by atoms with Gasteiger partial charge < -0.3 is 4.57 Å². The fraction of sp³-hybridized carbons (Fsp3) is 0.875. The summed E-state index contributed by atoms with van der Waals surface area (Å²) in [6.45, 7) is 5.44. The topological polar surface area (TPSA) is 34.1 Å². The first-order chi connectivity index (χ1) is 13.0. The molecule has 0 aliphatic rings. The van der Waals surface area contributed by atoms with Crippen molar-refractivity contribution < 1.29 is 9.36 Å². The molecule has 0 rings (SSSR count). The number of rotatable bonds is 20. The average Bonchev–Trinajstić information content (AvgIpc) is 2.62.